The van der Waals surface area contributed by atoms with Crippen LogP contribution >= 0.6 is 11.3 Å². The van der Waals surface area contributed by atoms with E-state index in [1.54, 1.807) is 0 Å². The lowest BCUT2D eigenvalue weighted by Gasteiger charge is -2.18. The van der Waals surface area contributed by atoms with Crippen LogP contribution in [0.1, 0.15) is 17.9 Å². The van der Waals surface area contributed by atoms with Crippen molar-refractivity contribution in [2.24, 2.45) is 4.99 Å². The molecule has 0 amide bonds. The summed E-state index contributed by atoms with van der Waals surface area (Å²) in [6.45, 7) is 0. The number of nitrogens with zero attached hydrogens (tertiary/aromatic N) is 3. The monoisotopic (exact) mass is 745 g/mol. The summed E-state index contributed by atoms with van der Waals surface area (Å²) >= 11 is 1.86. The van der Waals surface area contributed by atoms with E-state index in [1.165, 1.54) is 97.3 Å². The molecule has 4 heteroatoms. The second-order valence-electron chi connectivity index (χ2n) is 15.2. The van der Waals surface area contributed by atoms with Crippen LogP contribution < -0.4 is 0 Å². The highest BCUT2D eigenvalue weighted by Crippen LogP contribution is 2.41. The van der Waals surface area contributed by atoms with Crippen LogP contribution in [0.3, 0.4) is 0 Å². The molecule has 12 rings (SSSR count). The molecule has 3 nitrogen and oxygen atoms in total. The molecule has 268 valence electrons. The zero-order chi connectivity index (χ0) is 37.5. The summed E-state index contributed by atoms with van der Waals surface area (Å²) in [6.07, 6.45) is 7.11. The maximum Gasteiger partial charge on any atom is 0.0541 e. The first-order chi connectivity index (χ1) is 28.2. The first kappa shape index (κ1) is 32.3. The van der Waals surface area contributed by atoms with Crippen molar-refractivity contribution in [1.29, 1.82) is 0 Å². The van der Waals surface area contributed by atoms with E-state index in [2.05, 4.69) is 202 Å². The molecule has 0 saturated heterocycles. The van der Waals surface area contributed by atoms with E-state index in [0.29, 0.717) is 0 Å². The highest BCUT2D eigenvalue weighted by atomic mass is 32.1. The molecule has 1 aliphatic rings. The van der Waals surface area contributed by atoms with Gasteiger partial charge in [-0.3, -0.25) is 4.99 Å². The molecule has 0 N–H and O–H groups in total. The molecule has 8 aromatic carbocycles. The molecule has 3 aromatic heterocycles. The summed E-state index contributed by atoms with van der Waals surface area (Å²) in [7, 11) is 0. The van der Waals surface area contributed by atoms with Crippen LogP contribution in [0.4, 0.5) is 0 Å². The molecule has 0 fully saturated rings. The van der Waals surface area contributed by atoms with E-state index in [0.717, 1.165) is 12.1 Å². The fourth-order valence-electron chi connectivity index (χ4n) is 9.19. The van der Waals surface area contributed by atoms with Crippen molar-refractivity contribution in [2.75, 3.05) is 0 Å². The number of benzene rings is 8. The second kappa shape index (κ2) is 12.8. The Morgan fingerprint density at radius 2 is 1.04 bits per heavy atom. The molecular weight excluding hydrogens is 711 g/mol. The van der Waals surface area contributed by atoms with E-state index in [1.807, 2.05) is 17.5 Å². The summed E-state index contributed by atoms with van der Waals surface area (Å²) in [5, 5.41) is 7.64. The lowest BCUT2D eigenvalue weighted by atomic mass is 9.92. The zero-order valence-electron chi connectivity index (χ0n) is 31.0. The Balaban J connectivity index is 1.02. The van der Waals surface area contributed by atoms with Crippen molar-refractivity contribution < 1.29 is 0 Å². The molecule has 1 aliphatic heterocycles. The third-order valence-electron chi connectivity index (χ3n) is 11.9. The Morgan fingerprint density at radius 3 is 1.74 bits per heavy atom. The predicted molar refractivity (Wildman–Crippen MR) is 244 cm³/mol. The number of aliphatic imine (C=N–C) groups is 1. The third kappa shape index (κ3) is 5.15. The third-order valence-corrected chi connectivity index (χ3v) is 13.0. The van der Waals surface area contributed by atoms with Crippen molar-refractivity contribution in [3.63, 3.8) is 0 Å². The number of allylic oxidation sites excluding steroid dienone is 1. The minimum absolute atomic E-state index is 0.233. The zero-order valence-corrected chi connectivity index (χ0v) is 31.8. The minimum Gasteiger partial charge on any atom is -0.309 e. The molecule has 0 bridgehead atoms. The molecule has 11 aromatic rings. The quantitative estimate of drug-likeness (QED) is 0.167. The summed E-state index contributed by atoms with van der Waals surface area (Å²) in [5.41, 5.74) is 13.3. The van der Waals surface area contributed by atoms with E-state index in [4.69, 9.17) is 0 Å². The maximum absolute atomic E-state index is 4.53. The molecule has 1 unspecified atom stereocenters. The van der Waals surface area contributed by atoms with E-state index >= 15 is 0 Å². The van der Waals surface area contributed by atoms with Gasteiger partial charge in [-0.25, -0.2) is 0 Å². The normalized spacial score (nSPS) is 14.3. The summed E-state index contributed by atoms with van der Waals surface area (Å²) in [5.74, 6) is 0.233. The molecule has 0 radical (unpaired) electrons. The molecule has 0 saturated carbocycles. The van der Waals surface area contributed by atoms with Gasteiger partial charge < -0.3 is 9.13 Å². The van der Waals surface area contributed by atoms with Gasteiger partial charge in [0.25, 0.3) is 0 Å². The second-order valence-corrected chi connectivity index (χ2v) is 16.2. The van der Waals surface area contributed by atoms with Crippen LogP contribution in [0.5, 0.6) is 0 Å². The van der Waals surface area contributed by atoms with Gasteiger partial charge >= 0.3 is 0 Å². The molecule has 4 heterocycles. The summed E-state index contributed by atoms with van der Waals surface area (Å²) in [4.78, 5) is 4.53. The van der Waals surface area contributed by atoms with Crippen molar-refractivity contribution in [3.8, 4) is 33.6 Å². The highest BCUT2D eigenvalue weighted by molar-refractivity contribution is 7.25. The lowest BCUT2D eigenvalue weighted by Crippen LogP contribution is -2.04. The minimum atomic E-state index is 0.233. The fraction of sp³-hybridized carbons (Fsp3) is 0.0377. The van der Waals surface area contributed by atoms with Gasteiger partial charge in [0.1, 0.15) is 0 Å². The van der Waals surface area contributed by atoms with Crippen molar-refractivity contribution in [2.45, 2.75) is 12.3 Å². The highest BCUT2D eigenvalue weighted by Gasteiger charge is 2.19. The Hall–Kier alpha value is -7.01. The van der Waals surface area contributed by atoms with Crippen LogP contribution in [0.15, 0.2) is 193 Å². The fourth-order valence-corrected chi connectivity index (χ4v) is 10.3. The van der Waals surface area contributed by atoms with Gasteiger partial charge in [0.05, 0.1) is 22.1 Å². The van der Waals surface area contributed by atoms with Gasteiger partial charge in [0.2, 0.25) is 0 Å². The van der Waals surface area contributed by atoms with Crippen LogP contribution in [-0.2, 0) is 0 Å². The van der Waals surface area contributed by atoms with Crippen molar-refractivity contribution in [1.82, 2.24) is 9.13 Å². The van der Waals surface area contributed by atoms with E-state index in [9.17, 15) is 0 Å². The van der Waals surface area contributed by atoms with Gasteiger partial charge in [0, 0.05) is 71.4 Å². The molecule has 0 aliphatic carbocycles. The van der Waals surface area contributed by atoms with Crippen molar-refractivity contribution >= 4 is 81.3 Å². The average molecular weight is 746 g/mol. The Labute approximate surface area is 333 Å². The lowest BCUT2D eigenvalue weighted by molar-refractivity contribution is 0.907. The van der Waals surface area contributed by atoms with Crippen LogP contribution in [0.25, 0.3) is 97.4 Å². The topological polar surface area (TPSA) is 22.2 Å². The molecule has 57 heavy (non-hydrogen) atoms. The van der Waals surface area contributed by atoms with Gasteiger partial charge in [-0.2, -0.15) is 0 Å². The van der Waals surface area contributed by atoms with Crippen LogP contribution in [-0.4, -0.2) is 15.3 Å². The van der Waals surface area contributed by atoms with E-state index < -0.39 is 0 Å². The number of thiophene rings is 1. The average Bonchev–Trinajstić information content (AvgIpc) is 3.94. The molecule has 0 spiro atoms. The van der Waals surface area contributed by atoms with Gasteiger partial charge in [-0.15, -0.1) is 11.3 Å². The number of aromatic nitrogens is 2. The first-order valence-corrected chi connectivity index (χ1v) is 20.4. The standard InChI is InChI=1S/C53H35N3S/c1-2-11-34(12-3-1)38-27-39(37-13-10-26-54-33-37)29-41(28-38)56-49-18-8-5-15-43(49)46-31-36(21-24-51(46)56)35-20-23-50-45(30-35)42-14-4-7-17-48(42)55(50)40-22-25-53-47(32-40)44-16-6-9-19-52(44)57-53/h1-12,14-33,37H,13H2. The summed E-state index contributed by atoms with van der Waals surface area (Å²) in [6, 6.07) is 65.1. The molecular formula is C53H35N3S. The number of hydrogen-bond acceptors (Lipinski definition) is 2. The largest absolute Gasteiger partial charge is 0.309 e. The van der Waals surface area contributed by atoms with Crippen LogP contribution in [0, 0.1) is 0 Å². The number of hydrogen-bond donors (Lipinski definition) is 0. The predicted octanol–water partition coefficient (Wildman–Crippen LogP) is 14.7. The Bertz CT molecular complexity index is 3450. The molecule has 1 atom stereocenters. The first-order valence-electron chi connectivity index (χ1n) is 19.6. The van der Waals surface area contributed by atoms with Gasteiger partial charge in [-0.05, 0) is 107 Å². The van der Waals surface area contributed by atoms with Crippen LogP contribution in [0.2, 0.25) is 0 Å². The summed E-state index contributed by atoms with van der Waals surface area (Å²) < 4.78 is 7.53. The SMILES string of the molecule is C1=CN=CC(c2cc(-c3ccccc3)cc(-n3c4ccccc4c4cc(-c5ccc6c(c5)c5ccccc5n6-c5ccc6sc7ccccc7c6c5)ccc43)c2)C1. The van der Waals surface area contributed by atoms with Crippen molar-refractivity contribution in [3.05, 3.63) is 194 Å². The number of fused-ring (bicyclic) bond motifs is 9. The van der Waals surface area contributed by atoms with E-state index in [-0.39, 0.29) is 5.92 Å². The number of para-hydroxylation sites is 2. The Morgan fingerprint density at radius 1 is 0.421 bits per heavy atom. The maximum atomic E-state index is 4.53. The van der Waals surface area contributed by atoms with Gasteiger partial charge in [-0.1, -0.05) is 109 Å². The smallest absolute Gasteiger partial charge is 0.0541 e. The van der Waals surface area contributed by atoms with Gasteiger partial charge in [0.15, 0.2) is 0 Å². The Kier molecular flexibility index (Phi) is 7.23. The number of rotatable bonds is 5.